The molecule has 0 bridgehead atoms. The summed E-state index contributed by atoms with van der Waals surface area (Å²) in [7, 11) is -4.69. The molecule has 1 aromatic heterocycles. The van der Waals surface area contributed by atoms with Gasteiger partial charge < -0.3 is 25.1 Å². The van der Waals surface area contributed by atoms with Crippen LogP contribution in [-0.4, -0.2) is 38.1 Å². The quantitative estimate of drug-likeness (QED) is 0.265. The number of nitrogens with two attached hydrogens (primary N) is 2. The van der Waals surface area contributed by atoms with E-state index < -0.39 is 61.3 Å². The molecule has 4 N–H and O–H groups in total. The van der Waals surface area contributed by atoms with Crippen LogP contribution in [0.5, 0.6) is 0 Å². The number of pyridine rings is 1. The van der Waals surface area contributed by atoms with Gasteiger partial charge in [-0.05, 0) is 31.2 Å². The molecule has 0 atom stereocenters. The molecule has 40 heavy (non-hydrogen) atoms. The molecule has 1 aliphatic rings. The number of rotatable bonds is 5. The predicted octanol–water partition coefficient (Wildman–Crippen LogP) is 3.65. The highest BCUT2D eigenvalue weighted by molar-refractivity contribution is 7.87. The van der Waals surface area contributed by atoms with E-state index in [0.29, 0.717) is 6.07 Å². The number of carbonyl (C=O) groups excluding carboxylic acids is 1. The van der Waals surface area contributed by atoms with Gasteiger partial charge in [-0.15, -0.1) is 0 Å². The lowest BCUT2D eigenvalue weighted by Gasteiger charge is -2.39. The van der Waals surface area contributed by atoms with Crippen molar-refractivity contribution >= 4 is 50.0 Å². The molecule has 2 heterocycles. The Bertz CT molecular complexity index is 1870. The summed E-state index contributed by atoms with van der Waals surface area (Å²) in [6.45, 7) is 2.20. The third-order valence-electron chi connectivity index (χ3n) is 6.42. The standard InChI is InChI=1S/C26H20ClF3N4O5S/c1-12-2-4-14(5-3-12)40(37,38)39-26(36)16-11-34(21-8-20(32)17(28)7-18(21)29)23-15(25(16)35)6-19(30)24(22(23)27)33-9-13(31)10-33/h2-8,11,13H,9-10,31-32H2,1H3. The normalized spacial score (nSPS) is 13.9. The SMILES string of the molecule is Cc1ccc(S(=O)(=O)OC(=O)c2cn(-c3cc(N)c(F)cc3F)c3c(Cl)c(N4CC(N)C4)c(F)cc3c2=O)cc1. The molecule has 0 amide bonds. The minimum atomic E-state index is -4.69. The molecule has 3 aromatic carbocycles. The summed E-state index contributed by atoms with van der Waals surface area (Å²) in [5.41, 5.74) is 8.84. The van der Waals surface area contributed by atoms with Gasteiger partial charge in [0.25, 0.3) is 0 Å². The van der Waals surface area contributed by atoms with Crippen molar-refractivity contribution in [2.75, 3.05) is 23.7 Å². The Balaban J connectivity index is 1.75. The van der Waals surface area contributed by atoms with Gasteiger partial charge in [0.1, 0.15) is 27.9 Å². The average Bonchev–Trinajstić information content (AvgIpc) is 2.85. The largest absolute Gasteiger partial charge is 0.396 e. The third-order valence-corrected chi connectivity index (χ3v) is 8.00. The summed E-state index contributed by atoms with van der Waals surface area (Å²) in [5, 5.41) is -0.825. The molecular weight excluding hydrogens is 573 g/mol. The van der Waals surface area contributed by atoms with Gasteiger partial charge in [0, 0.05) is 31.4 Å². The van der Waals surface area contributed by atoms with Crippen LogP contribution in [0.3, 0.4) is 0 Å². The van der Waals surface area contributed by atoms with E-state index >= 15 is 8.78 Å². The fraction of sp³-hybridized carbons (Fsp3) is 0.154. The van der Waals surface area contributed by atoms with Crippen LogP contribution in [0.4, 0.5) is 24.5 Å². The highest BCUT2D eigenvalue weighted by Crippen LogP contribution is 2.39. The monoisotopic (exact) mass is 592 g/mol. The maximum absolute atomic E-state index is 15.3. The number of nitrogens with zero attached hydrogens (tertiary/aromatic N) is 2. The second-order valence-corrected chi connectivity index (χ2v) is 11.2. The highest BCUT2D eigenvalue weighted by atomic mass is 35.5. The van der Waals surface area contributed by atoms with Gasteiger partial charge in [0.05, 0.1) is 33.0 Å². The Kier molecular flexibility index (Phi) is 6.76. The van der Waals surface area contributed by atoms with Crippen LogP contribution in [0.25, 0.3) is 16.6 Å². The fourth-order valence-corrected chi connectivity index (χ4v) is 5.62. The van der Waals surface area contributed by atoms with E-state index in [1.165, 1.54) is 29.2 Å². The van der Waals surface area contributed by atoms with Crippen molar-refractivity contribution in [1.29, 1.82) is 0 Å². The molecular formula is C26H20ClF3N4O5S. The van der Waals surface area contributed by atoms with Crippen LogP contribution in [-0.2, 0) is 14.3 Å². The van der Waals surface area contributed by atoms with Gasteiger partial charge in [0.2, 0.25) is 5.43 Å². The van der Waals surface area contributed by atoms with Crippen LogP contribution in [0, 0.1) is 24.4 Å². The first-order chi connectivity index (χ1) is 18.8. The summed E-state index contributed by atoms with van der Waals surface area (Å²) in [6.07, 6.45) is 0.781. The van der Waals surface area contributed by atoms with Crippen molar-refractivity contribution < 1.29 is 30.6 Å². The van der Waals surface area contributed by atoms with E-state index in [9.17, 15) is 22.4 Å². The number of hydrogen-bond donors (Lipinski definition) is 2. The van der Waals surface area contributed by atoms with Crippen LogP contribution < -0.4 is 21.8 Å². The number of aryl methyl sites for hydroxylation is 1. The number of benzene rings is 3. The minimum absolute atomic E-state index is 0.128. The summed E-state index contributed by atoms with van der Waals surface area (Å²) >= 11 is 6.56. The summed E-state index contributed by atoms with van der Waals surface area (Å²) < 4.78 is 75.3. The van der Waals surface area contributed by atoms with Crippen molar-refractivity contribution in [2.45, 2.75) is 17.9 Å². The molecule has 0 saturated carbocycles. The van der Waals surface area contributed by atoms with E-state index in [1.807, 2.05) is 0 Å². The molecule has 0 radical (unpaired) electrons. The molecule has 4 aromatic rings. The Labute approximate surface area is 230 Å². The van der Waals surface area contributed by atoms with Gasteiger partial charge in [-0.2, -0.15) is 8.42 Å². The lowest BCUT2D eigenvalue weighted by atomic mass is 10.0. The zero-order chi connectivity index (χ0) is 29.1. The van der Waals surface area contributed by atoms with Gasteiger partial charge in [-0.3, -0.25) is 4.79 Å². The average molecular weight is 593 g/mol. The molecule has 0 aliphatic carbocycles. The van der Waals surface area contributed by atoms with Gasteiger partial charge >= 0.3 is 16.1 Å². The van der Waals surface area contributed by atoms with Crippen molar-refractivity contribution in [3.63, 3.8) is 0 Å². The number of fused-ring (bicyclic) bond motifs is 1. The smallest absolute Gasteiger partial charge is 0.359 e. The van der Waals surface area contributed by atoms with E-state index in [-0.39, 0.29) is 40.3 Å². The first kappa shape index (κ1) is 27.5. The van der Waals surface area contributed by atoms with Gasteiger partial charge in [-0.25, -0.2) is 18.0 Å². The van der Waals surface area contributed by atoms with Crippen molar-refractivity contribution in [3.8, 4) is 5.69 Å². The molecule has 14 heteroatoms. The Morgan fingerprint density at radius 2 is 1.70 bits per heavy atom. The number of aromatic nitrogens is 1. The first-order valence-corrected chi connectivity index (χ1v) is 13.5. The van der Waals surface area contributed by atoms with Crippen LogP contribution in [0.15, 0.2) is 58.4 Å². The summed E-state index contributed by atoms with van der Waals surface area (Å²) in [5.74, 6) is -4.81. The van der Waals surface area contributed by atoms with Crippen LogP contribution in [0.1, 0.15) is 15.9 Å². The number of hydrogen-bond acceptors (Lipinski definition) is 8. The molecule has 1 fully saturated rings. The number of halogens is 4. The summed E-state index contributed by atoms with van der Waals surface area (Å²) in [4.78, 5) is 27.6. The molecule has 9 nitrogen and oxygen atoms in total. The topological polar surface area (TPSA) is 138 Å². The number of anilines is 2. The number of nitrogen functional groups attached to an aromatic ring is 1. The third kappa shape index (κ3) is 4.65. The Morgan fingerprint density at radius 1 is 1.05 bits per heavy atom. The van der Waals surface area contributed by atoms with Crippen molar-refractivity contribution in [1.82, 2.24) is 4.57 Å². The van der Waals surface area contributed by atoms with Gasteiger partial charge in [-0.1, -0.05) is 29.3 Å². The number of carbonyl (C=O) groups is 1. The Morgan fingerprint density at radius 3 is 2.33 bits per heavy atom. The molecule has 0 unspecified atom stereocenters. The van der Waals surface area contributed by atoms with Crippen LogP contribution >= 0.6 is 11.6 Å². The lowest BCUT2D eigenvalue weighted by Crippen LogP contribution is -2.56. The van der Waals surface area contributed by atoms with Crippen molar-refractivity contribution in [3.05, 3.63) is 92.5 Å². The Hall–Kier alpha value is -4.07. The molecule has 1 saturated heterocycles. The molecule has 0 spiro atoms. The summed E-state index contributed by atoms with van der Waals surface area (Å²) in [6, 6.07) is 7.23. The zero-order valence-corrected chi connectivity index (χ0v) is 22.2. The highest BCUT2D eigenvalue weighted by Gasteiger charge is 2.32. The minimum Gasteiger partial charge on any atom is -0.396 e. The maximum atomic E-state index is 15.3. The van der Waals surface area contributed by atoms with Crippen molar-refractivity contribution in [2.24, 2.45) is 5.73 Å². The molecule has 5 rings (SSSR count). The molecule has 1 aliphatic heterocycles. The predicted molar refractivity (Wildman–Crippen MR) is 143 cm³/mol. The van der Waals surface area contributed by atoms with E-state index in [2.05, 4.69) is 0 Å². The maximum Gasteiger partial charge on any atom is 0.359 e. The second-order valence-electron chi connectivity index (χ2n) is 9.29. The van der Waals surface area contributed by atoms with E-state index in [0.717, 1.165) is 28.5 Å². The van der Waals surface area contributed by atoms with E-state index in [1.54, 1.807) is 6.92 Å². The van der Waals surface area contributed by atoms with E-state index in [4.69, 9.17) is 27.3 Å². The zero-order valence-electron chi connectivity index (χ0n) is 20.6. The fourth-order valence-electron chi connectivity index (χ4n) is 4.36. The van der Waals surface area contributed by atoms with Gasteiger partial charge in [0.15, 0.2) is 0 Å². The second kappa shape index (κ2) is 9.84. The molecule has 208 valence electrons. The first-order valence-electron chi connectivity index (χ1n) is 11.7. The van der Waals surface area contributed by atoms with Crippen LogP contribution in [0.2, 0.25) is 5.02 Å². The lowest BCUT2D eigenvalue weighted by molar-refractivity contribution is 0.0745.